The van der Waals surface area contributed by atoms with Crippen molar-refractivity contribution in [3.05, 3.63) is 47.3 Å². The van der Waals surface area contributed by atoms with Crippen LogP contribution in [0.4, 0.5) is 4.39 Å². The van der Waals surface area contributed by atoms with Gasteiger partial charge in [0.05, 0.1) is 6.04 Å². The number of hydrazine groups is 1. The Morgan fingerprint density at radius 1 is 1.64 bits per heavy atom. The summed E-state index contributed by atoms with van der Waals surface area (Å²) in [4.78, 5) is 0. The van der Waals surface area contributed by atoms with E-state index in [-0.39, 0.29) is 11.9 Å². The van der Waals surface area contributed by atoms with Gasteiger partial charge in [0, 0.05) is 10.6 Å². The van der Waals surface area contributed by atoms with E-state index in [1.54, 1.807) is 12.1 Å². The summed E-state index contributed by atoms with van der Waals surface area (Å²) in [6, 6.07) is 4.10. The molecular weight excluding hydrogens is 203 g/mol. The fourth-order valence-corrected chi connectivity index (χ4v) is 1.41. The summed E-state index contributed by atoms with van der Waals surface area (Å²) >= 11 is 5.76. The van der Waals surface area contributed by atoms with Crippen LogP contribution < -0.4 is 11.3 Å². The minimum absolute atomic E-state index is 0.286. The van der Waals surface area contributed by atoms with E-state index in [0.29, 0.717) is 17.0 Å². The van der Waals surface area contributed by atoms with Gasteiger partial charge >= 0.3 is 0 Å². The summed E-state index contributed by atoms with van der Waals surface area (Å²) < 4.78 is 13.3. The van der Waals surface area contributed by atoms with Crippen LogP contribution in [-0.4, -0.2) is 0 Å². The van der Waals surface area contributed by atoms with Crippen molar-refractivity contribution in [3.63, 3.8) is 0 Å². The third-order valence-electron chi connectivity index (χ3n) is 1.94. The predicted molar refractivity (Wildman–Crippen MR) is 56.3 cm³/mol. The maximum absolute atomic E-state index is 13.3. The Balaban J connectivity index is 3.01. The third kappa shape index (κ3) is 2.54. The monoisotopic (exact) mass is 214 g/mol. The number of nitrogens with two attached hydrogens (primary N) is 1. The summed E-state index contributed by atoms with van der Waals surface area (Å²) in [5.74, 6) is 4.98. The topological polar surface area (TPSA) is 38.0 Å². The van der Waals surface area contributed by atoms with Gasteiger partial charge in [-0.25, -0.2) is 4.39 Å². The molecule has 2 nitrogen and oxygen atoms in total. The second kappa shape index (κ2) is 5.10. The van der Waals surface area contributed by atoms with E-state index < -0.39 is 0 Å². The highest BCUT2D eigenvalue weighted by atomic mass is 35.5. The van der Waals surface area contributed by atoms with Gasteiger partial charge in [0.2, 0.25) is 0 Å². The van der Waals surface area contributed by atoms with E-state index in [1.807, 2.05) is 0 Å². The first kappa shape index (κ1) is 11.2. The largest absolute Gasteiger partial charge is 0.271 e. The molecule has 76 valence electrons. The quantitative estimate of drug-likeness (QED) is 0.459. The fourth-order valence-electron chi connectivity index (χ4n) is 1.23. The van der Waals surface area contributed by atoms with E-state index in [1.165, 1.54) is 12.1 Å². The molecule has 0 bridgehead atoms. The van der Waals surface area contributed by atoms with Crippen molar-refractivity contribution in [3.8, 4) is 0 Å². The van der Waals surface area contributed by atoms with E-state index >= 15 is 0 Å². The lowest BCUT2D eigenvalue weighted by molar-refractivity contribution is 0.517. The smallest absolute Gasteiger partial charge is 0.128 e. The maximum Gasteiger partial charge on any atom is 0.128 e. The van der Waals surface area contributed by atoms with Crippen LogP contribution in [0.15, 0.2) is 30.9 Å². The molecule has 0 aromatic heterocycles. The molecule has 3 N–H and O–H groups in total. The van der Waals surface area contributed by atoms with Crippen LogP contribution in [0.5, 0.6) is 0 Å². The van der Waals surface area contributed by atoms with Crippen molar-refractivity contribution < 1.29 is 4.39 Å². The zero-order chi connectivity index (χ0) is 10.6. The SMILES string of the molecule is C=CCC(NN)c1cc(Cl)ccc1F. The van der Waals surface area contributed by atoms with Crippen LogP contribution in [-0.2, 0) is 0 Å². The molecule has 0 aliphatic carbocycles. The van der Waals surface area contributed by atoms with Crippen LogP contribution in [0.1, 0.15) is 18.0 Å². The van der Waals surface area contributed by atoms with Crippen molar-refractivity contribution >= 4 is 11.6 Å². The molecule has 1 aromatic carbocycles. The number of benzene rings is 1. The molecule has 4 heteroatoms. The Hall–Kier alpha value is -0.900. The normalized spacial score (nSPS) is 12.5. The Morgan fingerprint density at radius 2 is 2.36 bits per heavy atom. The lowest BCUT2D eigenvalue weighted by atomic mass is 10.0. The Labute approximate surface area is 87.5 Å². The van der Waals surface area contributed by atoms with Crippen molar-refractivity contribution in [2.75, 3.05) is 0 Å². The first-order chi connectivity index (χ1) is 6.69. The van der Waals surface area contributed by atoms with E-state index in [9.17, 15) is 4.39 Å². The average molecular weight is 215 g/mol. The van der Waals surface area contributed by atoms with Crippen LogP contribution in [0.25, 0.3) is 0 Å². The maximum atomic E-state index is 13.3. The minimum atomic E-state index is -0.320. The lowest BCUT2D eigenvalue weighted by Gasteiger charge is -2.15. The molecule has 1 atom stereocenters. The molecule has 0 fully saturated rings. The molecule has 0 heterocycles. The van der Waals surface area contributed by atoms with E-state index in [0.717, 1.165) is 0 Å². The third-order valence-corrected chi connectivity index (χ3v) is 2.17. The Kier molecular flexibility index (Phi) is 4.07. The van der Waals surface area contributed by atoms with Crippen LogP contribution in [0.3, 0.4) is 0 Å². The second-order valence-electron chi connectivity index (χ2n) is 2.91. The summed E-state index contributed by atoms with van der Waals surface area (Å²) in [5.41, 5.74) is 2.98. The standard InChI is InChI=1S/C10H12ClFN2/c1-2-3-10(14-13)8-6-7(11)4-5-9(8)12/h2,4-6,10,14H,1,3,13H2. The van der Waals surface area contributed by atoms with Crippen LogP contribution >= 0.6 is 11.6 Å². The molecule has 0 aliphatic rings. The Morgan fingerprint density at radius 3 is 2.93 bits per heavy atom. The highest BCUT2D eigenvalue weighted by Gasteiger charge is 2.12. The van der Waals surface area contributed by atoms with Gasteiger partial charge in [0.15, 0.2) is 0 Å². The molecule has 1 rings (SSSR count). The van der Waals surface area contributed by atoms with Crippen molar-refractivity contribution in [1.82, 2.24) is 5.43 Å². The molecular formula is C10H12ClFN2. The molecule has 1 unspecified atom stereocenters. The number of hydrogen-bond acceptors (Lipinski definition) is 2. The average Bonchev–Trinajstić information content (AvgIpc) is 2.18. The zero-order valence-electron chi connectivity index (χ0n) is 7.63. The molecule has 0 aliphatic heterocycles. The molecule has 0 amide bonds. The van der Waals surface area contributed by atoms with Gasteiger partial charge in [-0.3, -0.25) is 11.3 Å². The fraction of sp³-hybridized carbons (Fsp3) is 0.200. The van der Waals surface area contributed by atoms with Gasteiger partial charge in [-0.15, -0.1) is 6.58 Å². The first-order valence-corrected chi connectivity index (χ1v) is 4.58. The van der Waals surface area contributed by atoms with Crippen LogP contribution in [0, 0.1) is 5.82 Å². The first-order valence-electron chi connectivity index (χ1n) is 4.21. The summed E-state index contributed by atoms with van der Waals surface area (Å²) in [7, 11) is 0. The second-order valence-corrected chi connectivity index (χ2v) is 3.35. The van der Waals surface area contributed by atoms with Crippen molar-refractivity contribution in [2.24, 2.45) is 5.84 Å². The molecule has 0 spiro atoms. The number of halogens is 2. The number of hydrogen-bond donors (Lipinski definition) is 2. The number of nitrogens with one attached hydrogen (secondary N) is 1. The summed E-state index contributed by atoms with van der Waals surface area (Å²) in [6.45, 7) is 3.58. The highest BCUT2D eigenvalue weighted by Crippen LogP contribution is 2.23. The molecule has 1 aromatic rings. The predicted octanol–water partition coefficient (Wildman–Crippen LogP) is 2.56. The molecule has 0 radical (unpaired) electrons. The minimum Gasteiger partial charge on any atom is -0.271 e. The Bertz CT molecular complexity index is 328. The van der Waals surface area contributed by atoms with Gasteiger partial charge in [0.25, 0.3) is 0 Å². The molecule has 14 heavy (non-hydrogen) atoms. The summed E-state index contributed by atoms with van der Waals surface area (Å²) in [5, 5.41) is 0.491. The van der Waals surface area contributed by atoms with Gasteiger partial charge in [-0.2, -0.15) is 0 Å². The van der Waals surface area contributed by atoms with E-state index in [4.69, 9.17) is 17.4 Å². The molecule has 0 saturated carbocycles. The van der Waals surface area contributed by atoms with Gasteiger partial charge in [-0.1, -0.05) is 17.7 Å². The van der Waals surface area contributed by atoms with Gasteiger partial charge < -0.3 is 0 Å². The van der Waals surface area contributed by atoms with Gasteiger partial charge in [0.1, 0.15) is 5.82 Å². The zero-order valence-corrected chi connectivity index (χ0v) is 8.39. The van der Waals surface area contributed by atoms with Gasteiger partial charge in [-0.05, 0) is 24.6 Å². The highest BCUT2D eigenvalue weighted by molar-refractivity contribution is 6.30. The lowest BCUT2D eigenvalue weighted by Crippen LogP contribution is -2.28. The summed E-state index contributed by atoms with van der Waals surface area (Å²) in [6.07, 6.45) is 2.22. The van der Waals surface area contributed by atoms with Crippen molar-refractivity contribution in [2.45, 2.75) is 12.5 Å². The number of rotatable bonds is 4. The van der Waals surface area contributed by atoms with Crippen LogP contribution in [0.2, 0.25) is 5.02 Å². The van der Waals surface area contributed by atoms with E-state index in [2.05, 4.69) is 12.0 Å². The molecule has 0 saturated heterocycles. The van der Waals surface area contributed by atoms with Crippen molar-refractivity contribution in [1.29, 1.82) is 0 Å².